The molecule has 2 nitrogen and oxygen atoms in total. The molecule has 19 heavy (non-hydrogen) atoms. The minimum Gasteiger partial charge on any atom is -0.353 e. The molecular formula is C16H25NOS. The number of hydrogen-bond acceptors (Lipinski definition) is 2. The van der Waals surface area contributed by atoms with Crippen molar-refractivity contribution < 1.29 is 4.79 Å². The van der Waals surface area contributed by atoms with Crippen LogP contribution in [-0.4, -0.2) is 17.7 Å². The number of benzene rings is 1. The predicted octanol–water partition coefficient (Wildman–Crippen LogP) is 3.70. The van der Waals surface area contributed by atoms with Crippen molar-refractivity contribution in [2.24, 2.45) is 5.92 Å². The van der Waals surface area contributed by atoms with Gasteiger partial charge in [-0.25, -0.2) is 0 Å². The van der Waals surface area contributed by atoms with Gasteiger partial charge >= 0.3 is 0 Å². The van der Waals surface area contributed by atoms with Crippen molar-refractivity contribution in [3.63, 3.8) is 0 Å². The van der Waals surface area contributed by atoms with E-state index in [4.69, 9.17) is 0 Å². The van der Waals surface area contributed by atoms with Crippen LogP contribution in [0.25, 0.3) is 0 Å². The largest absolute Gasteiger partial charge is 0.353 e. The van der Waals surface area contributed by atoms with E-state index in [1.165, 1.54) is 16.7 Å². The van der Waals surface area contributed by atoms with Gasteiger partial charge in [0.1, 0.15) is 0 Å². The quantitative estimate of drug-likeness (QED) is 0.860. The summed E-state index contributed by atoms with van der Waals surface area (Å²) in [6.45, 7) is 10.5. The zero-order valence-electron chi connectivity index (χ0n) is 12.6. The van der Waals surface area contributed by atoms with Crippen LogP contribution in [0.4, 0.5) is 0 Å². The lowest BCUT2D eigenvalue weighted by Crippen LogP contribution is -2.37. The van der Waals surface area contributed by atoms with E-state index in [2.05, 4.69) is 58.1 Å². The molecule has 1 aromatic rings. The van der Waals surface area contributed by atoms with E-state index in [9.17, 15) is 4.79 Å². The lowest BCUT2D eigenvalue weighted by molar-refractivity contribution is -0.119. The van der Waals surface area contributed by atoms with Crippen molar-refractivity contribution in [2.45, 2.75) is 46.4 Å². The molecule has 1 rings (SSSR count). The standard InChI is InChI=1S/C16H25NOS/c1-11(2)14(5)17-16(18)10-19-9-15-8-12(3)6-7-13(15)4/h6-8,11,14H,9-10H2,1-5H3,(H,17,18). The smallest absolute Gasteiger partial charge is 0.230 e. The average molecular weight is 279 g/mol. The molecule has 0 aliphatic heterocycles. The van der Waals surface area contributed by atoms with Crippen LogP contribution in [-0.2, 0) is 10.5 Å². The van der Waals surface area contributed by atoms with Gasteiger partial charge in [-0.05, 0) is 37.8 Å². The molecular weight excluding hydrogens is 254 g/mol. The first-order valence-electron chi connectivity index (χ1n) is 6.83. The number of thioether (sulfide) groups is 1. The first-order chi connectivity index (χ1) is 8.90. The number of carbonyl (C=O) groups is 1. The molecule has 0 bridgehead atoms. The summed E-state index contributed by atoms with van der Waals surface area (Å²) in [7, 11) is 0. The van der Waals surface area contributed by atoms with Gasteiger partial charge in [0.2, 0.25) is 5.91 Å². The van der Waals surface area contributed by atoms with E-state index in [1.807, 2.05) is 0 Å². The van der Waals surface area contributed by atoms with E-state index in [0.717, 1.165) is 5.75 Å². The Morgan fingerprint density at radius 3 is 2.58 bits per heavy atom. The summed E-state index contributed by atoms with van der Waals surface area (Å²) in [5, 5.41) is 3.03. The Morgan fingerprint density at radius 2 is 1.95 bits per heavy atom. The molecule has 3 heteroatoms. The highest BCUT2D eigenvalue weighted by atomic mass is 32.2. The number of nitrogens with one attached hydrogen (secondary N) is 1. The third-order valence-electron chi connectivity index (χ3n) is 3.38. The molecule has 106 valence electrons. The second kappa shape index (κ2) is 7.59. The summed E-state index contributed by atoms with van der Waals surface area (Å²) in [5.74, 6) is 2.05. The number of hydrogen-bond donors (Lipinski definition) is 1. The topological polar surface area (TPSA) is 29.1 Å². The second-order valence-corrected chi connectivity index (χ2v) is 6.51. The molecule has 0 heterocycles. The first-order valence-corrected chi connectivity index (χ1v) is 7.99. The highest BCUT2D eigenvalue weighted by Crippen LogP contribution is 2.17. The van der Waals surface area contributed by atoms with E-state index < -0.39 is 0 Å². The molecule has 1 N–H and O–H groups in total. The van der Waals surface area contributed by atoms with Gasteiger partial charge in [0.25, 0.3) is 0 Å². The Morgan fingerprint density at radius 1 is 1.26 bits per heavy atom. The molecule has 0 aliphatic rings. The highest BCUT2D eigenvalue weighted by Gasteiger charge is 2.10. The van der Waals surface area contributed by atoms with Crippen LogP contribution < -0.4 is 5.32 Å². The summed E-state index contributed by atoms with van der Waals surface area (Å²) < 4.78 is 0. The van der Waals surface area contributed by atoms with Crippen LogP contribution in [0.5, 0.6) is 0 Å². The minimum atomic E-state index is 0.136. The molecule has 0 saturated heterocycles. The molecule has 0 aliphatic carbocycles. The number of carbonyl (C=O) groups excluding carboxylic acids is 1. The normalized spacial score (nSPS) is 12.5. The fourth-order valence-corrected chi connectivity index (χ4v) is 2.57. The third kappa shape index (κ3) is 5.68. The number of amides is 1. The number of rotatable bonds is 6. The lowest BCUT2D eigenvalue weighted by atomic mass is 10.1. The van der Waals surface area contributed by atoms with Gasteiger partial charge in [-0.2, -0.15) is 0 Å². The molecule has 0 spiro atoms. The maximum absolute atomic E-state index is 11.8. The maximum atomic E-state index is 11.8. The van der Waals surface area contributed by atoms with Gasteiger partial charge in [0.15, 0.2) is 0 Å². The zero-order chi connectivity index (χ0) is 14.4. The summed E-state index contributed by atoms with van der Waals surface area (Å²) >= 11 is 1.68. The Kier molecular flexibility index (Phi) is 6.43. The van der Waals surface area contributed by atoms with Crippen molar-refractivity contribution >= 4 is 17.7 Å². The van der Waals surface area contributed by atoms with Gasteiger partial charge in [-0.3, -0.25) is 4.79 Å². The molecule has 1 amide bonds. The van der Waals surface area contributed by atoms with Gasteiger partial charge in [-0.15, -0.1) is 11.8 Å². The molecule has 1 atom stereocenters. The summed E-state index contributed by atoms with van der Waals surface area (Å²) in [6, 6.07) is 6.72. The van der Waals surface area contributed by atoms with Gasteiger partial charge < -0.3 is 5.32 Å². The monoisotopic (exact) mass is 279 g/mol. The van der Waals surface area contributed by atoms with Crippen LogP contribution in [0, 0.1) is 19.8 Å². The Balaban J connectivity index is 2.38. The van der Waals surface area contributed by atoms with Crippen LogP contribution in [0.2, 0.25) is 0 Å². The summed E-state index contributed by atoms with van der Waals surface area (Å²) in [6.07, 6.45) is 0. The van der Waals surface area contributed by atoms with E-state index in [0.29, 0.717) is 11.7 Å². The van der Waals surface area contributed by atoms with Gasteiger partial charge in [0, 0.05) is 11.8 Å². The van der Waals surface area contributed by atoms with E-state index in [-0.39, 0.29) is 11.9 Å². The van der Waals surface area contributed by atoms with Crippen molar-refractivity contribution in [3.05, 3.63) is 34.9 Å². The third-order valence-corrected chi connectivity index (χ3v) is 4.37. The average Bonchev–Trinajstić information content (AvgIpc) is 2.33. The van der Waals surface area contributed by atoms with Crippen molar-refractivity contribution in [3.8, 4) is 0 Å². The Hall–Kier alpha value is -0.960. The van der Waals surface area contributed by atoms with Crippen LogP contribution in [0.3, 0.4) is 0 Å². The summed E-state index contributed by atoms with van der Waals surface area (Å²) in [4.78, 5) is 11.8. The molecule has 0 fully saturated rings. The summed E-state index contributed by atoms with van der Waals surface area (Å²) in [5.41, 5.74) is 3.91. The SMILES string of the molecule is Cc1ccc(C)c(CSCC(=O)NC(C)C(C)C)c1. The lowest BCUT2D eigenvalue weighted by Gasteiger charge is -2.17. The van der Waals surface area contributed by atoms with Crippen LogP contribution >= 0.6 is 11.8 Å². The van der Waals surface area contributed by atoms with Crippen molar-refractivity contribution in [2.75, 3.05) is 5.75 Å². The van der Waals surface area contributed by atoms with Gasteiger partial charge in [0.05, 0.1) is 5.75 Å². The predicted molar refractivity (Wildman–Crippen MR) is 84.5 cm³/mol. The van der Waals surface area contributed by atoms with E-state index >= 15 is 0 Å². The first kappa shape index (κ1) is 16.1. The fourth-order valence-electron chi connectivity index (χ4n) is 1.67. The molecule has 1 unspecified atom stereocenters. The molecule has 0 aromatic heterocycles. The number of aryl methyl sites for hydroxylation is 2. The molecule has 1 aromatic carbocycles. The van der Waals surface area contributed by atoms with E-state index in [1.54, 1.807) is 11.8 Å². The Labute approximate surface area is 121 Å². The maximum Gasteiger partial charge on any atom is 0.230 e. The van der Waals surface area contributed by atoms with Crippen LogP contribution in [0.1, 0.15) is 37.5 Å². The van der Waals surface area contributed by atoms with Gasteiger partial charge in [-0.1, -0.05) is 37.6 Å². The Bertz CT molecular complexity index is 429. The molecule has 0 saturated carbocycles. The minimum absolute atomic E-state index is 0.136. The second-order valence-electron chi connectivity index (χ2n) is 5.52. The molecule has 0 radical (unpaired) electrons. The fraction of sp³-hybridized carbons (Fsp3) is 0.562. The van der Waals surface area contributed by atoms with Crippen LogP contribution in [0.15, 0.2) is 18.2 Å². The highest BCUT2D eigenvalue weighted by molar-refractivity contribution is 7.99. The zero-order valence-corrected chi connectivity index (χ0v) is 13.4. The van der Waals surface area contributed by atoms with Crippen molar-refractivity contribution in [1.82, 2.24) is 5.32 Å². The van der Waals surface area contributed by atoms with Crippen molar-refractivity contribution in [1.29, 1.82) is 0 Å².